The van der Waals surface area contributed by atoms with Gasteiger partial charge in [-0.3, -0.25) is 9.80 Å². The molecule has 0 aromatic rings. The highest BCUT2D eigenvalue weighted by Crippen LogP contribution is 2.32. The molecule has 2 rings (SSSR count). The van der Waals surface area contributed by atoms with Gasteiger partial charge in [-0.05, 0) is 59.0 Å². The van der Waals surface area contributed by atoms with E-state index in [-0.39, 0.29) is 0 Å². The molecule has 0 radical (unpaired) electrons. The highest BCUT2D eigenvalue weighted by atomic mass is 15.3. The maximum atomic E-state index is 3.60. The van der Waals surface area contributed by atoms with Gasteiger partial charge in [-0.15, -0.1) is 0 Å². The fourth-order valence-electron chi connectivity index (χ4n) is 3.46. The molecular weight excluding hydrogens is 234 g/mol. The zero-order valence-corrected chi connectivity index (χ0v) is 13.4. The Hall–Kier alpha value is -0.120. The molecule has 0 bridgehead atoms. The Morgan fingerprint density at radius 3 is 2.21 bits per heavy atom. The van der Waals surface area contributed by atoms with Gasteiger partial charge in [-0.2, -0.15) is 0 Å². The topological polar surface area (TPSA) is 18.5 Å². The predicted molar refractivity (Wildman–Crippen MR) is 82.6 cm³/mol. The van der Waals surface area contributed by atoms with E-state index >= 15 is 0 Å². The molecule has 0 aromatic carbocycles. The van der Waals surface area contributed by atoms with Crippen LogP contribution in [-0.4, -0.2) is 60.6 Å². The molecule has 0 aromatic heterocycles. The van der Waals surface area contributed by atoms with E-state index in [1.165, 1.54) is 58.5 Å². The minimum absolute atomic E-state index is 0.341. The Kier molecular flexibility index (Phi) is 5.27. The summed E-state index contributed by atoms with van der Waals surface area (Å²) in [5.74, 6) is 0.910. The Morgan fingerprint density at radius 1 is 1.05 bits per heavy atom. The number of hydrogen-bond donors (Lipinski definition) is 1. The van der Waals surface area contributed by atoms with Gasteiger partial charge in [0.2, 0.25) is 0 Å². The minimum Gasteiger partial charge on any atom is -0.316 e. The molecule has 1 saturated carbocycles. The molecule has 0 spiro atoms. The van der Waals surface area contributed by atoms with Gasteiger partial charge >= 0.3 is 0 Å². The van der Waals surface area contributed by atoms with Gasteiger partial charge in [0.25, 0.3) is 0 Å². The third kappa shape index (κ3) is 3.93. The van der Waals surface area contributed by atoms with Crippen LogP contribution in [0.4, 0.5) is 0 Å². The van der Waals surface area contributed by atoms with Crippen molar-refractivity contribution in [3.63, 3.8) is 0 Å². The van der Waals surface area contributed by atoms with Crippen molar-refractivity contribution in [1.29, 1.82) is 0 Å². The minimum atomic E-state index is 0.341. The normalized spacial score (nSPS) is 30.3. The average Bonchev–Trinajstić information content (AvgIpc) is 2.33. The molecule has 1 aliphatic heterocycles. The summed E-state index contributed by atoms with van der Waals surface area (Å²) < 4.78 is 0. The van der Waals surface area contributed by atoms with Crippen molar-refractivity contribution >= 4 is 0 Å². The fourth-order valence-corrected chi connectivity index (χ4v) is 3.46. The Morgan fingerprint density at radius 2 is 1.74 bits per heavy atom. The standard InChI is InChI=1S/C16H33N3/c1-5-8-17-13-14-6-7-15(14)18-9-11-19(12-10-18)16(2,3)4/h14-15,17H,5-13H2,1-4H3. The first-order chi connectivity index (χ1) is 9.02. The number of nitrogens with one attached hydrogen (secondary N) is 1. The van der Waals surface area contributed by atoms with E-state index in [2.05, 4.69) is 42.8 Å². The van der Waals surface area contributed by atoms with Crippen molar-refractivity contribution in [2.45, 2.75) is 58.5 Å². The lowest BCUT2D eigenvalue weighted by molar-refractivity contribution is -0.00395. The van der Waals surface area contributed by atoms with Gasteiger partial charge in [0.1, 0.15) is 0 Å². The maximum Gasteiger partial charge on any atom is 0.0137 e. The molecular formula is C16H33N3. The van der Waals surface area contributed by atoms with Gasteiger partial charge in [-0.1, -0.05) is 6.92 Å². The van der Waals surface area contributed by atoms with E-state index < -0.39 is 0 Å². The first kappa shape index (κ1) is 15.3. The lowest BCUT2D eigenvalue weighted by Gasteiger charge is -2.50. The molecule has 1 aliphatic carbocycles. The molecule has 2 unspecified atom stereocenters. The summed E-state index contributed by atoms with van der Waals surface area (Å²) >= 11 is 0. The van der Waals surface area contributed by atoms with Gasteiger partial charge in [0.15, 0.2) is 0 Å². The maximum absolute atomic E-state index is 3.60. The van der Waals surface area contributed by atoms with E-state index in [1.807, 2.05) is 0 Å². The molecule has 0 amide bonds. The average molecular weight is 267 g/mol. The summed E-state index contributed by atoms with van der Waals surface area (Å²) in [6, 6.07) is 0.867. The highest BCUT2D eigenvalue weighted by molar-refractivity contribution is 4.93. The first-order valence-corrected chi connectivity index (χ1v) is 8.22. The SMILES string of the molecule is CCCNCC1CCC1N1CCN(C(C)(C)C)CC1. The predicted octanol–water partition coefficient (Wildman–Crippen LogP) is 2.18. The van der Waals surface area contributed by atoms with Crippen LogP contribution < -0.4 is 5.32 Å². The lowest BCUT2D eigenvalue weighted by atomic mass is 9.78. The van der Waals surface area contributed by atoms with Crippen LogP contribution in [0.2, 0.25) is 0 Å². The van der Waals surface area contributed by atoms with Gasteiger partial charge in [0.05, 0.1) is 0 Å². The Bertz CT molecular complexity index is 264. The van der Waals surface area contributed by atoms with Crippen molar-refractivity contribution < 1.29 is 0 Å². The number of rotatable bonds is 5. The lowest BCUT2D eigenvalue weighted by Crippen LogP contribution is -2.59. The van der Waals surface area contributed by atoms with Crippen molar-refractivity contribution in [1.82, 2.24) is 15.1 Å². The summed E-state index contributed by atoms with van der Waals surface area (Å²) in [6.45, 7) is 16.7. The monoisotopic (exact) mass is 267 g/mol. The molecule has 2 aliphatic rings. The van der Waals surface area contributed by atoms with Gasteiger partial charge < -0.3 is 5.32 Å². The number of piperazine rings is 1. The third-order valence-electron chi connectivity index (χ3n) is 4.94. The summed E-state index contributed by atoms with van der Waals surface area (Å²) in [4.78, 5) is 5.39. The zero-order chi connectivity index (χ0) is 13.9. The molecule has 3 heteroatoms. The van der Waals surface area contributed by atoms with E-state index in [1.54, 1.807) is 0 Å². The summed E-state index contributed by atoms with van der Waals surface area (Å²) in [5.41, 5.74) is 0.341. The van der Waals surface area contributed by atoms with Crippen LogP contribution >= 0.6 is 0 Å². The summed E-state index contributed by atoms with van der Waals surface area (Å²) in [5, 5.41) is 3.60. The zero-order valence-electron chi connectivity index (χ0n) is 13.4. The van der Waals surface area contributed by atoms with Gasteiger partial charge in [-0.25, -0.2) is 0 Å². The van der Waals surface area contributed by atoms with Crippen LogP contribution in [0, 0.1) is 5.92 Å². The van der Waals surface area contributed by atoms with Crippen molar-refractivity contribution in [3.05, 3.63) is 0 Å². The van der Waals surface area contributed by atoms with Crippen LogP contribution in [0.3, 0.4) is 0 Å². The molecule has 19 heavy (non-hydrogen) atoms. The van der Waals surface area contributed by atoms with Gasteiger partial charge in [0, 0.05) is 37.8 Å². The molecule has 2 fully saturated rings. The smallest absolute Gasteiger partial charge is 0.0137 e. The van der Waals surface area contributed by atoms with E-state index in [9.17, 15) is 0 Å². The van der Waals surface area contributed by atoms with Crippen molar-refractivity contribution in [2.24, 2.45) is 5.92 Å². The molecule has 2 atom stereocenters. The van der Waals surface area contributed by atoms with E-state index in [4.69, 9.17) is 0 Å². The molecule has 1 heterocycles. The van der Waals surface area contributed by atoms with Crippen LogP contribution in [0.5, 0.6) is 0 Å². The van der Waals surface area contributed by atoms with Crippen molar-refractivity contribution in [2.75, 3.05) is 39.3 Å². The molecule has 3 nitrogen and oxygen atoms in total. The second-order valence-corrected chi connectivity index (χ2v) is 7.30. The van der Waals surface area contributed by atoms with E-state index in [0.29, 0.717) is 5.54 Å². The van der Waals surface area contributed by atoms with Crippen LogP contribution in [-0.2, 0) is 0 Å². The Labute approximate surface area is 119 Å². The molecule has 112 valence electrons. The quantitative estimate of drug-likeness (QED) is 0.770. The number of hydrogen-bond acceptors (Lipinski definition) is 3. The third-order valence-corrected chi connectivity index (χ3v) is 4.94. The van der Waals surface area contributed by atoms with Crippen LogP contribution in [0.15, 0.2) is 0 Å². The summed E-state index contributed by atoms with van der Waals surface area (Å²) in [6.07, 6.45) is 4.11. The van der Waals surface area contributed by atoms with Crippen LogP contribution in [0.1, 0.15) is 47.0 Å². The largest absolute Gasteiger partial charge is 0.316 e. The summed E-state index contributed by atoms with van der Waals surface area (Å²) in [7, 11) is 0. The second kappa shape index (κ2) is 6.55. The Balaban J connectivity index is 1.72. The second-order valence-electron chi connectivity index (χ2n) is 7.30. The molecule has 1 saturated heterocycles. The van der Waals surface area contributed by atoms with Crippen LogP contribution in [0.25, 0.3) is 0 Å². The van der Waals surface area contributed by atoms with E-state index in [0.717, 1.165) is 12.0 Å². The number of nitrogens with zero attached hydrogens (tertiary/aromatic N) is 2. The first-order valence-electron chi connectivity index (χ1n) is 8.22. The molecule has 1 N–H and O–H groups in total. The highest BCUT2D eigenvalue weighted by Gasteiger charge is 2.37. The fraction of sp³-hybridized carbons (Fsp3) is 1.00. The van der Waals surface area contributed by atoms with Crippen molar-refractivity contribution in [3.8, 4) is 0 Å².